The van der Waals surface area contributed by atoms with E-state index in [0.717, 1.165) is 6.42 Å². The van der Waals surface area contributed by atoms with Gasteiger partial charge in [-0.3, -0.25) is 4.79 Å². The Kier molecular flexibility index (Phi) is 2.03. The molecular formula is C9H13ClO2. The largest absolute Gasteiger partial charge is 0.461 e. The van der Waals surface area contributed by atoms with Crippen LogP contribution in [0.15, 0.2) is 0 Å². The Morgan fingerprint density at radius 1 is 1.42 bits per heavy atom. The minimum Gasteiger partial charge on any atom is -0.461 e. The number of ether oxygens (including phenoxy) is 1. The molecule has 2 rings (SSSR count). The van der Waals surface area contributed by atoms with Gasteiger partial charge in [0.1, 0.15) is 6.10 Å². The van der Waals surface area contributed by atoms with E-state index < -0.39 is 0 Å². The molecule has 0 radical (unpaired) electrons. The highest BCUT2D eigenvalue weighted by Crippen LogP contribution is 2.48. The quantitative estimate of drug-likeness (QED) is 0.465. The molecule has 0 spiro atoms. The Morgan fingerprint density at radius 2 is 2.08 bits per heavy atom. The lowest BCUT2D eigenvalue weighted by Crippen LogP contribution is -2.32. The number of rotatable bonds is 1. The fraction of sp³-hybridized carbons (Fsp3) is 0.889. The molecule has 3 heteroatoms. The lowest BCUT2D eigenvalue weighted by Gasteiger charge is -2.25. The fourth-order valence-electron chi connectivity index (χ4n) is 2.52. The van der Waals surface area contributed by atoms with Crippen LogP contribution in [0.5, 0.6) is 0 Å². The van der Waals surface area contributed by atoms with Crippen LogP contribution in [0.3, 0.4) is 0 Å². The van der Waals surface area contributed by atoms with Crippen molar-refractivity contribution in [2.24, 2.45) is 11.8 Å². The zero-order valence-electron chi connectivity index (χ0n) is 7.13. The second kappa shape index (κ2) is 2.91. The van der Waals surface area contributed by atoms with Gasteiger partial charge in [0.05, 0.1) is 5.38 Å². The van der Waals surface area contributed by atoms with Crippen LogP contribution in [0.25, 0.3) is 0 Å². The number of carbonyl (C=O) groups is 1. The highest BCUT2D eigenvalue weighted by atomic mass is 35.5. The molecule has 0 saturated heterocycles. The minimum absolute atomic E-state index is 0.00270. The predicted octanol–water partition coefficient (Wildman–Crippen LogP) is 1.96. The van der Waals surface area contributed by atoms with Crippen LogP contribution in [0.4, 0.5) is 0 Å². The van der Waals surface area contributed by atoms with Crippen LogP contribution in [0.1, 0.15) is 26.2 Å². The van der Waals surface area contributed by atoms with Crippen molar-refractivity contribution in [1.29, 1.82) is 0 Å². The summed E-state index contributed by atoms with van der Waals surface area (Å²) in [6, 6.07) is 0. The molecule has 2 bridgehead atoms. The maximum atomic E-state index is 10.7. The van der Waals surface area contributed by atoms with Crippen LogP contribution in [-0.4, -0.2) is 17.5 Å². The summed E-state index contributed by atoms with van der Waals surface area (Å²) in [5.74, 6) is 0.945. The van der Waals surface area contributed by atoms with Gasteiger partial charge in [-0.25, -0.2) is 0 Å². The first-order chi connectivity index (χ1) is 5.68. The molecular weight excluding hydrogens is 176 g/mol. The molecule has 0 aromatic rings. The van der Waals surface area contributed by atoms with E-state index in [2.05, 4.69) is 0 Å². The molecule has 0 heterocycles. The normalized spacial score (nSPS) is 44.8. The van der Waals surface area contributed by atoms with Crippen LogP contribution in [-0.2, 0) is 9.53 Å². The van der Waals surface area contributed by atoms with Crippen LogP contribution in [0, 0.1) is 11.8 Å². The third kappa shape index (κ3) is 1.22. The van der Waals surface area contributed by atoms with E-state index in [-0.39, 0.29) is 17.5 Å². The summed E-state index contributed by atoms with van der Waals surface area (Å²) < 4.78 is 5.19. The van der Waals surface area contributed by atoms with Gasteiger partial charge in [-0.1, -0.05) is 0 Å². The topological polar surface area (TPSA) is 26.3 Å². The lowest BCUT2D eigenvalue weighted by atomic mass is 9.97. The van der Waals surface area contributed by atoms with E-state index in [1.165, 1.54) is 19.8 Å². The summed E-state index contributed by atoms with van der Waals surface area (Å²) in [5, 5.41) is 0.0765. The zero-order valence-corrected chi connectivity index (χ0v) is 7.88. The SMILES string of the molecule is CC(=O)O[C@H]1[C@@H]2CC[C@@H](C2)[C@@H]1Cl. The summed E-state index contributed by atoms with van der Waals surface area (Å²) in [6.07, 6.45) is 3.57. The van der Waals surface area contributed by atoms with Gasteiger partial charge in [0.15, 0.2) is 0 Å². The predicted molar refractivity (Wildman–Crippen MR) is 46.0 cm³/mol. The van der Waals surface area contributed by atoms with E-state index in [0.29, 0.717) is 11.8 Å². The van der Waals surface area contributed by atoms with Crippen molar-refractivity contribution in [2.75, 3.05) is 0 Å². The van der Waals surface area contributed by atoms with E-state index in [9.17, 15) is 4.79 Å². The van der Waals surface area contributed by atoms with E-state index in [4.69, 9.17) is 16.3 Å². The number of fused-ring (bicyclic) bond motifs is 2. The van der Waals surface area contributed by atoms with E-state index in [1.807, 2.05) is 0 Å². The Balaban J connectivity index is 2.02. The molecule has 12 heavy (non-hydrogen) atoms. The fourth-order valence-corrected chi connectivity index (χ4v) is 3.01. The van der Waals surface area contributed by atoms with Crippen molar-refractivity contribution < 1.29 is 9.53 Å². The summed E-state index contributed by atoms with van der Waals surface area (Å²) >= 11 is 6.14. The molecule has 0 amide bonds. The Bertz CT molecular complexity index is 203. The number of carbonyl (C=O) groups excluding carboxylic acids is 1. The highest BCUT2D eigenvalue weighted by molar-refractivity contribution is 6.21. The average Bonchev–Trinajstić information content (AvgIpc) is 2.53. The van der Waals surface area contributed by atoms with Crippen molar-refractivity contribution in [3.63, 3.8) is 0 Å². The Hall–Kier alpha value is -0.240. The highest BCUT2D eigenvalue weighted by Gasteiger charge is 2.48. The molecule has 4 atom stereocenters. The van der Waals surface area contributed by atoms with Crippen LogP contribution >= 0.6 is 11.6 Å². The first kappa shape index (κ1) is 8.36. The monoisotopic (exact) mass is 188 g/mol. The summed E-state index contributed by atoms with van der Waals surface area (Å²) in [4.78, 5) is 10.7. The molecule has 0 unspecified atom stereocenters. The first-order valence-corrected chi connectivity index (χ1v) is 4.93. The molecule has 68 valence electrons. The summed E-state index contributed by atoms with van der Waals surface area (Å²) in [7, 11) is 0. The maximum absolute atomic E-state index is 10.7. The van der Waals surface area contributed by atoms with Gasteiger partial charge in [0, 0.05) is 6.92 Å². The third-order valence-electron chi connectivity index (χ3n) is 3.04. The zero-order chi connectivity index (χ0) is 8.72. The van der Waals surface area contributed by atoms with Crippen molar-refractivity contribution in [3.05, 3.63) is 0 Å². The van der Waals surface area contributed by atoms with Crippen molar-refractivity contribution in [2.45, 2.75) is 37.7 Å². The maximum Gasteiger partial charge on any atom is 0.302 e. The number of hydrogen-bond donors (Lipinski definition) is 0. The van der Waals surface area contributed by atoms with Crippen molar-refractivity contribution in [3.8, 4) is 0 Å². The molecule has 2 fully saturated rings. The summed E-state index contributed by atoms with van der Waals surface area (Å²) in [6.45, 7) is 1.45. The number of alkyl halides is 1. The number of halogens is 1. The van der Waals surface area contributed by atoms with Crippen LogP contribution < -0.4 is 0 Å². The molecule has 2 aliphatic carbocycles. The third-order valence-corrected chi connectivity index (χ3v) is 3.65. The van der Waals surface area contributed by atoms with Crippen molar-refractivity contribution in [1.82, 2.24) is 0 Å². The molecule has 0 N–H and O–H groups in total. The van der Waals surface area contributed by atoms with Gasteiger partial charge in [0.2, 0.25) is 0 Å². The van der Waals surface area contributed by atoms with Gasteiger partial charge < -0.3 is 4.74 Å². The van der Waals surface area contributed by atoms with Gasteiger partial charge >= 0.3 is 5.97 Å². The molecule has 2 saturated carbocycles. The lowest BCUT2D eigenvalue weighted by molar-refractivity contribution is -0.148. The molecule has 2 nitrogen and oxygen atoms in total. The van der Waals surface area contributed by atoms with E-state index >= 15 is 0 Å². The summed E-state index contributed by atoms with van der Waals surface area (Å²) in [5.41, 5.74) is 0. The first-order valence-electron chi connectivity index (χ1n) is 4.50. The van der Waals surface area contributed by atoms with Gasteiger partial charge in [-0.15, -0.1) is 11.6 Å². The van der Waals surface area contributed by atoms with Gasteiger partial charge in [0.25, 0.3) is 0 Å². The van der Waals surface area contributed by atoms with Crippen molar-refractivity contribution >= 4 is 17.6 Å². The molecule has 0 aromatic carbocycles. The Labute approximate surface area is 77.2 Å². The minimum atomic E-state index is -0.196. The number of esters is 1. The second-order valence-corrected chi connectivity index (χ2v) is 4.36. The van der Waals surface area contributed by atoms with Crippen LogP contribution in [0.2, 0.25) is 0 Å². The van der Waals surface area contributed by atoms with E-state index in [1.54, 1.807) is 0 Å². The molecule has 0 aliphatic heterocycles. The molecule has 0 aromatic heterocycles. The average molecular weight is 189 g/mol. The van der Waals surface area contributed by atoms with Gasteiger partial charge in [-0.05, 0) is 31.1 Å². The molecule has 2 aliphatic rings. The second-order valence-electron chi connectivity index (χ2n) is 3.85. The Morgan fingerprint density at radius 3 is 2.58 bits per heavy atom. The van der Waals surface area contributed by atoms with Gasteiger partial charge in [-0.2, -0.15) is 0 Å². The number of hydrogen-bond acceptors (Lipinski definition) is 2. The smallest absolute Gasteiger partial charge is 0.302 e. The standard InChI is InChI=1S/C9H13ClO2/c1-5(11)12-9-7-3-2-6(4-7)8(9)10/h6-9H,2-4H2,1H3/t6-,7+,8-,9-/m0/s1.